The summed E-state index contributed by atoms with van der Waals surface area (Å²) < 4.78 is 10.3. The molecule has 0 bridgehead atoms. The number of carbonyl (C=O) groups is 3. The van der Waals surface area contributed by atoms with E-state index in [4.69, 9.17) is 26.5 Å². The number of rotatable bonds is 6. The van der Waals surface area contributed by atoms with Crippen molar-refractivity contribution >= 4 is 51.9 Å². The highest BCUT2D eigenvalue weighted by molar-refractivity contribution is 6.30. The highest BCUT2D eigenvalue weighted by atomic mass is 35.5. The number of aromatic nitrogens is 1. The first-order chi connectivity index (χ1) is 14.3. The summed E-state index contributed by atoms with van der Waals surface area (Å²) in [6.45, 7) is 1.31. The first-order valence-corrected chi connectivity index (χ1v) is 9.25. The third-order valence-electron chi connectivity index (χ3n) is 4.27. The molecule has 2 amide bonds. The summed E-state index contributed by atoms with van der Waals surface area (Å²) in [4.78, 5) is 39.8. The van der Waals surface area contributed by atoms with Gasteiger partial charge in [-0.05, 0) is 29.8 Å². The third-order valence-corrected chi connectivity index (χ3v) is 4.49. The molecule has 1 unspecified atom stereocenters. The number of hydrogen-bond donors (Lipinski definition) is 3. The summed E-state index contributed by atoms with van der Waals surface area (Å²) in [6, 6.07) is 7.34. The number of anilines is 2. The lowest BCUT2D eigenvalue weighted by Crippen LogP contribution is -2.41. The molecule has 2 heterocycles. The Morgan fingerprint density at radius 3 is 2.67 bits per heavy atom. The molecule has 4 N–H and O–H groups in total. The maximum absolute atomic E-state index is 12.5. The predicted octanol–water partition coefficient (Wildman–Crippen LogP) is 2.54. The van der Waals surface area contributed by atoms with Gasteiger partial charge in [0.05, 0.1) is 17.8 Å². The minimum atomic E-state index is -0.850. The zero-order valence-corrected chi connectivity index (χ0v) is 16.9. The molecule has 156 valence electrons. The van der Waals surface area contributed by atoms with Gasteiger partial charge in [0.2, 0.25) is 11.7 Å². The van der Waals surface area contributed by atoms with Crippen molar-refractivity contribution in [2.45, 2.75) is 19.4 Å². The average molecular weight is 431 g/mol. The zero-order chi connectivity index (χ0) is 21.8. The first-order valence-electron chi connectivity index (χ1n) is 8.87. The fraction of sp³-hybridized carbons (Fsp3) is 0.200. The molecule has 0 aliphatic carbocycles. The largest absolute Gasteiger partial charge is 0.467 e. The number of esters is 1. The molecule has 30 heavy (non-hydrogen) atoms. The van der Waals surface area contributed by atoms with Crippen LogP contribution in [0.4, 0.5) is 11.5 Å². The Morgan fingerprint density at radius 1 is 1.27 bits per heavy atom. The number of pyridine rings is 1. The topological polar surface area (TPSA) is 137 Å². The van der Waals surface area contributed by atoms with Crippen molar-refractivity contribution in [3.63, 3.8) is 0 Å². The number of hydrogen-bond acceptors (Lipinski definition) is 7. The molecule has 0 aliphatic heterocycles. The lowest BCUT2D eigenvalue weighted by Gasteiger charge is -2.15. The Labute approximate surface area is 176 Å². The van der Waals surface area contributed by atoms with Crippen molar-refractivity contribution < 1.29 is 23.5 Å². The molecular formula is C20H19ClN4O5. The molecule has 0 spiro atoms. The lowest BCUT2D eigenvalue weighted by atomic mass is 10.0. The number of nitrogens with two attached hydrogens (primary N) is 1. The van der Waals surface area contributed by atoms with Crippen molar-refractivity contribution in [1.29, 1.82) is 0 Å². The van der Waals surface area contributed by atoms with Crippen molar-refractivity contribution in [1.82, 2.24) is 10.3 Å². The predicted molar refractivity (Wildman–Crippen MR) is 111 cm³/mol. The zero-order valence-electron chi connectivity index (χ0n) is 16.2. The second-order valence-electron chi connectivity index (χ2n) is 6.47. The van der Waals surface area contributed by atoms with Crippen molar-refractivity contribution in [2.24, 2.45) is 0 Å². The van der Waals surface area contributed by atoms with Gasteiger partial charge in [-0.25, -0.2) is 9.78 Å². The number of nitrogens with one attached hydrogen (secondary N) is 2. The van der Waals surface area contributed by atoms with Gasteiger partial charge in [0.15, 0.2) is 0 Å². The van der Waals surface area contributed by atoms with Crippen molar-refractivity contribution in [2.75, 3.05) is 18.2 Å². The summed E-state index contributed by atoms with van der Waals surface area (Å²) in [5.41, 5.74) is 7.37. The van der Waals surface area contributed by atoms with E-state index in [1.165, 1.54) is 20.2 Å². The molecule has 0 saturated carbocycles. The Kier molecular flexibility index (Phi) is 6.22. The van der Waals surface area contributed by atoms with Gasteiger partial charge in [0, 0.05) is 24.9 Å². The van der Waals surface area contributed by atoms with E-state index in [-0.39, 0.29) is 23.8 Å². The summed E-state index contributed by atoms with van der Waals surface area (Å²) >= 11 is 5.79. The summed E-state index contributed by atoms with van der Waals surface area (Å²) in [6.07, 6.45) is 1.58. The van der Waals surface area contributed by atoms with Crippen LogP contribution in [-0.4, -0.2) is 35.9 Å². The van der Waals surface area contributed by atoms with E-state index in [9.17, 15) is 14.4 Å². The number of methoxy groups -OCH3 is 1. The van der Waals surface area contributed by atoms with Crippen LogP contribution in [0.5, 0.6) is 0 Å². The van der Waals surface area contributed by atoms with E-state index in [0.29, 0.717) is 27.4 Å². The lowest BCUT2D eigenvalue weighted by molar-refractivity contribution is -0.144. The van der Waals surface area contributed by atoms with Gasteiger partial charge in [0.1, 0.15) is 17.4 Å². The standard InChI is InChI=1S/C20H19ClN4O5/c1-10(26)24-14(20(28)29-2)8-11-3-5-15-13(7-11)17(22)18(30-15)19(27)25-16-6-4-12(21)9-23-16/h3-7,9,14H,8,22H2,1-2H3,(H,24,26)(H,23,25,27). The molecule has 10 heteroatoms. The Balaban J connectivity index is 1.85. The smallest absolute Gasteiger partial charge is 0.328 e. The van der Waals surface area contributed by atoms with Crippen molar-refractivity contribution in [3.05, 3.63) is 52.9 Å². The monoisotopic (exact) mass is 430 g/mol. The molecule has 0 fully saturated rings. The number of fused-ring (bicyclic) bond motifs is 1. The van der Waals surface area contributed by atoms with Crippen LogP contribution in [0, 0.1) is 0 Å². The summed E-state index contributed by atoms with van der Waals surface area (Å²) in [7, 11) is 1.24. The van der Waals surface area contributed by atoms with Crippen LogP contribution in [0.15, 0.2) is 40.9 Å². The highest BCUT2D eigenvalue weighted by Gasteiger charge is 2.23. The Bertz CT molecular complexity index is 1110. The van der Waals surface area contributed by atoms with E-state index in [1.54, 1.807) is 30.3 Å². The minimum Gasteiger partial charge on any atom is -0.467 e. The second kappa shape index (κ2) is 8.83. The van der Waals surface area contributed by atoms with E-state index in [1.807, 2.05) is 0 Å². The minimum absolute atomic E-state index is 0.0646. The van der Waals surface area contributed by atoms with E-state index in [0.717, 1.165) is 0 Å². The van der Waals surface area contributed by atoms with Crippen LogP contribution < -0.4 is 16.4 Å². The fourth-order valence-electron chi connectivity index (χ4n) is 2.90. The summed E-state index contributed by atoms with van der Waals surface area (Å²) in [5.74, 6) is -1.26. The molecule has 3 aromatic rings. The van der Waals surface area contributed by atoms with Gasteiger partial charge >= 0.3 is 5.97 Å². The number of ether oxygens (including phenoxy) is 1. The third kappa shape index (κ3) is 4.69. The molecule has 9 nitrogen and oxygen atoms in total. The van der Waals surface area contributed by atoms with Crippen LogP contribution in [0.3, 0.4) is 0 Å². The number of halogens is 1. The maximum atomic E-state index is 12.5. The molecule has 1 aromatic carbocycles. The number of nitrogen functional groups attached to an aromatic ring is 1. The van der Waals surface area contributed by atoms with E-state index < -0.39 is 17.9 Å². The van der Waals surface area contributed by atoms with Gasteiger partial charge in [-0.1, -0.05) is 17.7 Å². The Morgan fingerprint density at radius 2 is 2.03 bits per heavy atom. The first kappa shape index (κ1) is 21.1. The van der Waals surface area contributed by atoms with E-state index in [2.05, 4.69) is 15.6 Å². The van der Waals surface area contributed by atoms with Gasteiger partial charge in [-0.15, -0.1) is 0 Å². The van der Waals surface area contributed by atoms with Crippen LogP contribution in [0.2, 0.25) is 5.02 Å². The van der Waals surface area contributed by atoms with Crippen molar-refractivity contribution in [3.8, 4) is 0 Å². The second-order valence-corrected chi connectivity index (χ2v) is 6.91. The fourth-order valence-corrected chi connectivity index (χ4v) is 3.01. The van der Waals surface area contributed by atoms with Gasteiger partial charge in [-0.3, -0.25) is 9.59 Å². The van der Waals surface area contributed by atoms with Crippen LogP contribution in [0.25, 0.3) is 11.0 Å². The normalized spacial score (nSPS) is 11.7. The van der Waals surface area contributed by atoms with Crippen LogP contribution in [-0.2, 0) is 20.7 Å². The number of benzene rings is 1. The number of carbonyl (C=O) groups excluding carboxylic acids is 3. The molecule has 2 aromatic heterocycles. The van der Waals surface area contributed by atoms with Gasteiger partial charge in [0.25, 0.3) is 5.91 Å². The number of furan rings is 1. The number of amides is 2. The van der Waals surface area contributed by atoms with Gasteiger partial charge in [-0.2, -0.15) is 0 Å². The highest BCUT2D eigenvalue weighted by Crippen LogP contribution is 2.30. The molecule has 3 rings (SSSR count). The van der Waals surface area contributed by atoms with E-state index >= 15 is 0 Å². The molecule has 0 radical (unpaired) electrons. The molecule has 0 saturated heterocycles. The molecule has 1 atom stereocenters. The van der Waals surface area contributed by atoms with Crippen LogP contribution in [0.1, 0.15) is 23.0 Å². The summed E-state index contributed by atoms with van der Waals surface area (Å²) in [5, 5.41) is 6.08. The molecule has 0 aliphatic rings. The number of nitrogens with zero attached hydrogens (tertiary/aromatic N) is 1. The maximum Gasteiger partial charge on any atom is 0.328 e. The Hall–Kier alpha value is -3.59. The SMILES string of the molecule is COC(=O)C(Cc1ccc2oc(C(=O)Nc3ccc(Cl)cn3)c(N)c2c1)NC(C)=O. The molecular weight excluding hydrogens is 412 g/mol. The quantitative estimate of drug-likeness (QED) is 0.511. The average Bonchev–Trinajstić information content (AvgIpc) is 3.04. The van der Waals surface area contributed by atoms with Gasteiger partial charge < -0.3 is 25.5 Å². The van der Waals surface area contributed by atoms with Crippen LogP contribution >= 0.6 is 11.6 Å².